The molecule has 0 aliphatic carbocycles. The van der Waals surface area contributed by atoms with Crippen molar-refractivity contribution in [1.82, 2.24) is 9.80 Å². The molecule has 0 radical (unpaired) electrons. The second kappa shape index (κ2) is 7.29. The summed E-state index contributed by atoms with van der Waals surface area (Å²) in [5, 5.41) is 0. The Bertz CT molecular complexity index is 176. The van der Waals surface area contributed by atoms with Gasteiger partial charge in [-0.05, 0) is 50.9 Å². The molecular weight excluding hydrogens is 196 g/mol. The average Bonchev–Trinajstić information content (AvgIpc) is 2.66. The van der Waals surface area contributed by atoms with Crippen LogP contribution in [0.15, 0.2) is 0 Å². The first-order valence-electron chi connectivity index (χ1n) is 7.10. The molecule has 2 heteroatoms. The van der Waals surface area contributed by atoms with E-state index >= 15 is 0 Å². The molecule has 1 aliphatic heterocycles. The van der Waals surface area contributed by atoms with Gasteiger partial charge < -0.3 is 9.80 Å². The third kappa shape index (κ3) is 4.84. The van der Waals surface area contributed by atoms with Gasteiger partial charge in [0.2, 0.25) is 0 Å². The molecule has 96 valence electrons. The van der Waals surface area contributed by atoms with Gasteiger partial charge in [0.1, 0.15) is 0 Å². The largest absolute Gasteiger partial charge is 0.304 e. The summed E-state index contributed by atoms with van der Waals surface area (Å²) in [6.45, 7) is 16.9. The van der Waals surface area contributed by atoms with Gasteiger partial charge in [0, 0.05) is 13.1 Å². The highest BCUT2D eigenvalue weighted by Crippen LogP contribution is 2.20. The number of likely N-dealkylation sites (tertiary alicyclic amines) is 1. The van der Waals surface area contributed by atoms with Crippen LogP contribution in [0.25, 0.3) is 0 Å². The quantitative estimate of drug-likeness (QED) is 0.658. The first-order valence-corrected chi connectivity index (χ1v) is 7.10. The molecule has 1 atom stereocenters. The highest BCUT2D eigenvalue weighted by Gasteiger charge is 2.22. The maximum absolute atomic E-state index is 2.65. The van der Waals surface area contributed by atoms with Gasteiger partial charge in [0.25, 0.3) is 0 Å². The van der Waals surface area contributed by atoms with Crippen LogP contribution in [-0.2, 0) is 0 Å². The van der Waals surface area contributed by atoms with E-state index in [4.69, 9.17) is 0 Å². The lowest BCUT2D eigenvalue weighted by Crippen LogP contribution is -2.28. The Morgan fingerprint density at radius 2 is 1.94 bits per heavy atom. The van der Waals surface area contributed by atoms with E-state index < -0.39 is 0 Å². The molecule has 1 rings (SSSR count). The van der Waals surface area contributed by atoms with Gasteiger partial charge in [-0.15, -0.1) is 0 Å². The standard InChI is InChI=1S/C14H30N2/c1-5-15(6-2)9-7-14-8-10-16(12-14)11-13(3)4/h13-14H,5-12H2,1-4H3. The van der Waals surface area contributed by atoms with Gasteiger partial charge in [-0.2, -0.15) is 0 Å². The van der Waals surface area contributed by atoms with Crippen LogP contribution in [0.4, 0.5) is 0 Å². The highest BCUT2D eigenvalue weighted by molar-refractivity contribution is 4.77. The molecule has 1 fully saturated rings. The van der Waals surface area contributed by atoms with Crippen LogP contribution in [0.2, 0.25) is 0 Å². The molecule has 0 amide bonds. The van der Waals surface area contributed by atoms with Crippen LogP contribution >= 0.6 is 0 Å². The van der Waals surface area contributed by atoms with Crippen molar-refractivity contribution in [3.8, 4) is 0 Å². The maximum atomic E-state index is 2.65. The zero-order valence-electron chi connectivity index (χ0n) is 11.7. The molecule has 16 heavy (non-hydrogen) atoms. The van der Waals surface area contributed by atoms with Crippen molar-refractivity contribution >= 4 is 0 Å². The van der Waals surface area contributed by atoms with E-state index in [1.54, 1.807) is 0 Å². The van der Waals surface area contributed by atoms with Crippen LogP contribution in [0.5, 0.6) is 0 Å². The second-order valence-electron chi connectivity index (χ2n) is 5.62. The van der Waals surface area contributed by atoms with Crippen LogP contribution in [0.3, 0.4) is 0 Å². The first kappa shape index (κ1) is 14.0. The average molecular weight is 226 g/mol. The Morgan fingerprint density at radius 1 is 1.25 bits per heavy atom. The Balaban J connectivity index is 2.16. The Labute approximate surface area is 102 Å². The first-order chi connectivity index (χ1) is 7.65. The summed E-state index contributed by atoms with van der Waals surface area (Å²) >= 11 is 0. The summed E-state index contributed by atoms with van der Waals surface area (Å²) in [6, 6.07) is 0. The number of hydrogen-bond acceptors (Lipinski definition) is 2. The molecule has 1 aliphatic rings. The fourth-order valence-electron chi connectivity index (χ4n) is 2.74. The second-order valence-corrected chi connectivity index (χ2v) is 5.62. The molecule has 1 heterocycles. The van der Waals surface area contributed by atoms with E-state index in [9.17, 15) is 0 Å². The van der Waals surface area contributed by atoms with Crippen molar-refractivity contribution in [2.75, 3.05) is 39.3 Å². The van der Waals surface area contributed by atoms with Crippen LogP contribution in [0, 0.1) is 11.8 Å². The normalized spacial score (nSPS) is 22.5. The van der Waals surface area contributed by atoms with E-state index in [2.05, 4.69) is 37.5 Å². The molecule has 0 aromatic heterocycles. The fourth-order valence-corrected chi connectivity index (χ4v) is 2.74. The molecule has 0 spiro atoms. The maximum Gasteiger partial charge on any atom is 0.00107 e. The molecule has 2 nitrogen and oxygen atoms in total. The summed E-state index contributed by atoms with van der Waals surface area (Å²) in [5.74, 6) is 1.78. The predicted octanol–water partition coefficient (Wildman–Crippen LogP) is 2.70. The zero-order valence-corrected chi connectivity index (χ0v) is 11.7. The third-order valence-electron chi connectivity index (χ3n) is 3.74. The van der Waals surface area contributed by atoms with Gasteiger partial charge in [-0.1, -0.05) is 27.7 Å². The van der Waals surface area contributed by atoms with Crippen LogP contribution in [0.1, 0.15) is 40.5 Å². The minimum atomic E-state index is 0.821. The molecule has 0 aromatic carbocycles. The van der Waals surface area contributed by atoms with E-state index in [0.717, 1.165) is 11.8 Å². The van der Waals surface area contributed by atoms with Gasteiger partial charge in [-0.25, -0.2) is 0 Å². The van der Waals surface area contributed by atoms with Crippen molar-refractivity contribution in [3.63, 3.8) is 0 Å². The van der Waals surface area contributed by atoms with E-state index in [1.165, 1.54) is 52.1 Å². The summed E-state index contributed by atoms with van der Waals surface area (Å²) in [4.78, 5) is 5.20. The molecule has 0 bridgehead atoms. The van der Waals surface area contributed by atoms with Gasteiger partial charge in [0.05, 0.1) is 0 Å². The summed E-state index contributed by atoms with van der Waals surface area (Å²) in [6.07, 6.45) is 2.82. The van der Waals surface area contributed by atoms with Gasteiger partial charge >= 0.3 is 0 Å². The van der Waals surface area contributed by atoms with Crippen LogP contribution in [-0.4, -0.2) is 49.1 Å². The smallest absolute Gasteiger partial charge is 0.00107 e. The van der Waals surface area contributed by atoms with Crippen molar-refractivity contribution in [3.05, 3.63) is 0 Å². The lowest BCUT2D eigenvalue weighted by molar-refractivity contribution is 0.258. The fraction of sp³-hybridized carbons (Fsp3) is 1.00. The third-order valence-corrected chi connectivity index (χ3v) is 3.74. The van der Waals surface area contributed by atoms with Crippen molar-refractivity contribution in [1.29, 1.82) is 0 Å². The summed E-state index contributed by atoms with van der Waals surface area (Å²) < 4.78 is 0. The Kier molecular flexibility index (Phi) is 6.37. The molecule has 1 unspecified atom stereocenters. The molecular formula is C14H30N2. The number of rotatable bonds is 7. The monoisotopic (exact) mass is 226 g/mol. The van der Waals surface area contributed by atoms with Crippen molar-refractivity contribution in [2.45, 2.75) is 40.5 Å². The minimum absolute atomic E-state index is 0.821. The van der Waals surface area contributed by atoms with Crippen molar-refractivity contribution in [2.24, 2.45) is 11.8 Å². The molecule has 0 saturated carbocycles. The summed E-state index contributed by atoms with van der Waals surface area (Å²) in [7, 11) is 0. The molecule has 0 N–H and O–H groups in total. The Hall–Kier alpha value is -0.0800. The topological polar surface area (TPSA) is 6.48 Å². The zero-order chi connectivity index (χ0) is 12.0. The number of hydrogen-bond donors (Lipinski definition) is 0. The van der Waals surface area contributed by atoms with Gasteiger partial charge in [-0.3, -0.25) is 0 Å². The highest BCUT2D eigenvalue weighted by atomic mass is 15.2. The van der Waals surface area contributed by atoms with E-state index in [0.29, 0.717) is 0 Å². The lowest BCUT2D eigenvalue weighted by atomic mass is 10.0. The summed E-state index contributed by atoms with van der Waals surface area (Å²) in [5.41, 5.74) is 0. The van der Waals surface area contributed by atoms with E-state index in [1.807, 2.05) is 0 Å². The molecule has 1 saturated heterocycles. The van der Waals surface area contributed by atoms with Crippen LogP contribution < -0.4 is 0 Å². The lowest BCUT2D eigenvalue weighted by Gasteiger charge is -2.21. The Morgan fingerprint density at radius 3 is 2.50 bits per heavy atom. The van der Waals surface area contributed by atoms with Gasteiger partial charge in [0.15, 0.2) is 0 Å². The van der Waals surface area contributed by atoms with Crippen molar-refractivity contribution < 1.29 is 0 Å². The predicted molar refractivity (Wildman–Crippen MR) is 71.8 cm³/mol. The minimum Gasteiger partial charge on any atom is -0.304 e. The molecule has 0 aromatic rings. The SMILES string of the molecule is CCN(CC)CCC1CCN(CC(C)C)C1. The van der Waals surface area contributed by atoms with E-state index in [-0.39, 0.29) is 0 Å². The number of nitrogens with zero attached hydrogens (tertiary/aromatic N) is 2.